The number of rotatable bonds is 4. The summed E-state index contributed by atoms with van der Waals surface area (Å²) in [4.78, 5) is 22.2. The lowest BCUT2D eigenvalue weighted by Crippen LogP contribution is -2.33. The van der Waals surface area contributed by atoms with Crippen LogP contribution in [0.3, 0.4) is 0 Å². The lowest BCUT2D eigenvalue weighted by atomic mass is 10.2. The quantitative estimate of drug-likeness (QED) is 0.943. The van der Waals surface area contributed by atoms with Crippen molar-refractivity contribution in [3.63, 3.8) is 0 Å². The summed E-state index contributed by atoms with van der Waals surface area (Å²) in [5.41, 5.74) is 1.17. The van der Waals surface area contributed by atoms with E-state index in [9.17, 15) is 9.90 Å². The van der Waals surface area contributed by atoms with Gasteiger partial charge in [0.25, 0.3) is 5.91 Å². The Morgan fingerprint density at radius 2 is 2.14 bits per heavy atom. The normalized spacial score (nSPS) is 14.0. The molecule has 0 aliphatic heterocycles. The highest BCUT2D eigenvalue weighted by atomic mass is 35.5. The number of nitrogens with zero attached hydrogens (tertiary/aromatic N) is 3. The molecule has 1 fully saturated rings. The van der Waals surface area contributed by atoms with Gasteiger partial charge < -0.3 is 10.0 Å². The summed E-state index contributed by atoms with van der Waals surface area (Å²) in [5.74, 6) is 0.0343. The number of hydrogen-bond donors (Lipinski definition) is 1. The van der Waals surface area contributed by atoms with Crippen molar-refractivity contribution in [1.82, 2.24) is 14.9 Å². The third-order valence-electron chi connectivity index (χ3n) is 3.35. The smallest absolute Gasteiger partial charge is 0.274 e. The first kappa shape index (κ1) is 13.8. The number of carbonyl (C=O) groups is 1. The summed E-state index contributed by atoms with van der Waals surface area (Å²) in [6.45, 7) is 0.447. The molecule has 2 aromatic rings. The summed E-state index contributed by atoms with van der Waals surface area (Å²) < 4.78 is 0. The molecule has 0 saturated heterocycles. The molecule has 5 nitrogen and oxygen atoms in total. The van der Waals surface area contributed by atoms with Gasteiger partial charge in [0.1, 0.15) is 16.6 Å². The van der Waals surface area contributed by atoms with Gasteiger partial charge in [0.2, 0.25) is 0 Å². The van der Waals surface area contributed by atoms with Gasteiger partial charge >= 0.3 is 0 Å². The van der Waals surface area contributed by atoms with Crippen molar-refractivity contribution >= 4 is 17.5 Å². The number of phenols is 1. The molecule has 1 N–H and O–H groups in total. The Balaban J connectivity index is 1.81. The fourth-order valence-corrected chi connectivity index (χ4v) is 2.27. The summed E-state index contributed by atoms with van der Waals surface area (Å²) in [7, 11) is 0. The molecule has 108 valence electrons. The zero-order valence-corrected chi connectivity index (χ0v) is 12.0. The van der Waals surface area contributed by atoms with E-state index in [1.165, 1.54) is 12.4 Å². The molecule has 1 heterocycles. The van der Waals surface area contributed by atoms with Crippen molar-refractivity contribution in [2.45, 2.75) is 25.4 Å². The maximum absolute atomic E-state index is 12.5. The van der Waals surface area contributed by atoms with Crippen LogP contribution < -0.4 is 0 Å². The van der Waals surface area contributed by atoms with E-state index in [0.717, 1.165) is 18.4 Å². The predicted octanol–water partition coefficient (Wildman–Crippen LogP) is 2.64. The van der Waals surface area contributed by atoms with E-state index in [0.29, 0.717) is 6.54 Å². The van der Waals surface area contributed by atoms with E-state index in [4.69, 9.17) is 11.6 Å². The minimum absolute atomic E-state index is 0.162. The summed E-state index contributed by atoms with van der Waals surface area (Å²) in [6.07, 6.45) is 4.74. The van der Waals surface area contributed by atoms with Crippen LogP contribution in [-0.2, 0) is 6.54 Å². The lowest BCUT2D eigenvalue weighted by Gasteiger charge is -2.22. The Kier molecular flexibility index (Phi) is 3.75. The van der Waals surface area contributed by atoms with Gasteiger partial charge in [-0.15, -0.1) is 0 Å². The first-order chi connectivity index (χ1) is 10.1. The van der Waals surface area contributed by atoms with Crippen LogP contribution in [0.25, 0.3) is 0 Å². The molecule has 1 amide bonds. The van der Waals surface area contributed by atoms with Gasteiger partial charge in [-0.05, 0) is 30.5 Å². The molecule has 1 saturated carbocycles. The SMILES string of the molecule is O=C(c1cnc(Cl)cn1)N(Cc1cccc(O)c1)C1CC1. The molecule has 0 unspecified atom stereocenters. The Morgan fingerprint density at radius 3 is 2.76 bits per heavy atom. The van der Waals surface area contributed by atoms with E-state index in [1.807, 2.05) is 6.07 Å². The summed E-state index contributed by atoms with van der Waals surface area (Å²) >= 11 is 5.69. The van der Waals surface area contributed by atoms with Gasteiger partial charge in [-0.25, -0.2) is 9.97 Å². The van der Waals surface area contributed by atoms with Gasteiger partial charge in [0, 0.05) is 12.6 Å². The molecule has 1 aromatic carbocycles. The number of phenolic OH excluding ortho intramolecular Hbond substituents is 1. The number of aromatic hydroxyl groups is 1. The molecule has 0 bridgehead atoms. The maximum Gasteiger partial charge on any atom is 0.274 e. The average Bonchev–Trinajstić information content (AvgIpc) is 3.29. The first-order valence-electron chi connectivity index (χ1n) is 6.70. The Bertz CT molecular complexity index is 656. The molecule has 1 aromatic heterocycles. The molecule has 0 spiro atoms. The standard InChI is InChI=1S/C15H14ClN3O2/c16-14-8-17-13(7-18-14)15(21)19(11-4-5-11)9-10-2-1-3-12(20)6-10/h1-3,6-8,11,20H,4-5,9H2. The topological polar surface area (TPSA) is 66.3 Å². The number of halogens is 1. The zero-order valence-electron chi connectivity index (χ0n) is 11.2. The summed E-state index contributed by atoms with van der Waals surface area (Å²) in [6, 6.07) is 7.16. The van der Waals surface area contributed by atoms with Crippen molar-refractivity contribution in [3.8, 4) is 5.75 Å². The number of aromatic nitrogens is 2. The molecule has 3 rings (SSSR count). The monoisotopic (exact) mass is 303 g/mol. The fourth-order valence-electron chi connectivity index (χ4n) is 2.17. The van der Waals surface area contributed by atoms with Gasteiger partial charge in [-0.3, -0.25) is 4.79 Å². The van der Waals surface area contributed by atoms with Crippen molar-refractivity contribution in [2.75, 3.05) is 0 Å². The predicted molar refractivity (Wildman–Crippen MR) is 78.0 cm³/mol. The van der Waals surface area contributed by atoms with Crippen LogP contribution in [-0.4, -0.2) is 31.9 Å². The van der Waals surface area contributed by atoms with Crippen molar-refractivity contribution in [1.29, 1.82) is 0 Å². The van der Waals surface area contributed by atoms with E-state index in [1.54, 1.807) is 23.1 Å². The van der Waals surface area contributed by atoms with E-state index in [2.05, 4.69) is 9.97 Å². The Hall–Kier alpha value is -2.14. The van der Waals surface area contributed by atoms with E-state index >= 15 is 0 Å². The minimum atomic E-state index is -0.162. The highest BCUT2D eigenvalue weighted by Crippen LogP contribution is 2.30. The van der Waals surface area contributed by atoms with Crippen LogP contribution in [0.1, 0.15) is 28.9 Å². The van der Waals surface area contributed by atoms with Crippen LogP contribution in [0.2, 0.25) is 5.15 Å². The largest absolute Gasteiger partial charge is 0.508 e. The number of carbonyl (C=O) groups excluding carboxylic acids is 1. The highest BCUT2D eigenvalue weighted by Gasteiger charge is 2.33. The average molecular weight is 304 g/mol. The number of benzene rings is 1. The third kappa shape index (κ3) is 3.31. The number of amides is 1. The zero-order chi connectivity index (χ0) is 14.8. The first-order valence-corrected chi connectivity index (χ1v) is 7.08. The van der Waals surface area contributed by atoms with E-state index in [-0.39, 0.29) is 28.5 Å². The van der Waals surface area contributed by atoms with Crippen molar-refractivity contribution in [2.24, 2.45) is 0 Å². The number of hydrogen-bond acceptors (Lipinski definition) is 4. The molecule has 1 aliphatic carbocycles. The molecule has 0 radical (unpaired) electrons. The second-order valence-electron chi connectivity index (χ2n) is 5.06. The lowest BCUT2D eigenvalue weighted by molar-refractivity contribution is 0.0723. The van der Waals surface area contributed by atoms with Crippen LogP contribution in [0.5, 0.6) is 5.75 Å². The van der Waals surface area contributed by atoms with Crippen LogP contribution in [0.15, 0.2) is 36.7 Å². The molecule has 21 heavy (non-hydrogen) atoms. The molecule has 0 atom stereocenters. The molecular weight excluding hydrogens is 290 g/mol. The van der Waals surface area contributed by atoms with Crippen molar-refractivity contribution < 1.29 is 9.90 Å². The van der Waals surface area contributed by atoms with E-state index < -0.39 is 0 Å². The van der Waals surface area contributed by atoms with Gasteiger partial charge in [-0.2, -0.15) is 0 Å². The van der Waals surface area contributed by atoms with Crippen LogP contribution in [0.4, 0.5) is 0 Å². The second kappa shape index (κ2) is 5.69. The van der Waals surface area contributed by atoms with Crippen LogP contribution >= 0.6 is 11.6 Å². The van der Waals surface area contributed by atoms with Crippen LogP contribution in [0, 0.1) is 0 Å². The maximum atomic E-state index is 12.5. The van der Waals surface area contributed by atoms with Gasteiger partial charge in [0.05, 0.1) is 12.4 Å². The van der Waals surface area contributed by atoms with Gasteiger partial charge in [-0.1, -0.05) is 23.7 Å². The molecule has 1 aliphatic rings. The third-order valence-corrected chi connectivity index (χ3v) is 3.55. The minimum Gasteiger partial charge on any atom is -0.508 e. The Labute approximate surface area is 127 Å². The summed E-state index contributed by atoms with van der Waals surface area (Å²) in [5, 5.41) is 9.79. The second-order valence-corrected chi connectivity index (χ2v) is 5.45. The van der Waals surface area contributed by atoms with Gasteiger partial charge in [0.15, 0.2) is 0 Å². The molecule has 6 heteroatoms. The Morgan fingerprint density at radius 1 is 1.33 bits per heavy atom. The fraction of sp³-hybridized carbons (Fsp3) is 0.267. The highest BCUT2D eigenvalue weighted by molar-refractivity contribution is 6.29. The van der Waals surface area contributed by atoms with Crippen molar-refractivity contribution in [3.05, 3.63) is 53.1 Å². The molecular formula is C15H14ClN3O2.